The Kier molecular flexibility index (Phi) is 5.81. The third-order valence-electron chi connectivity index (χ3n) is 4.50. The van der Waals surface area contributed by atoms with Gasteiger partial charge in [-0.1, -0.05) is 43.5 Å². The number of anilines is 1. The van der Waals surface area contributed by atoms with Crippen LogP contribution in [0.5, 0.6) is 0 Å². The van der Waals surface area contributed by atoms with Crippen molar-refractivity contribution in [3.8, 4) is 11.3 Å². The Bertz CT molecular complexity index is 733. The van der Waals surface area contributed by atoms with Crippen LogP contribution in [0.2, 0.25) is 0 Å². The normalized spacial score (nSPS) is 14.9. The second-order valence-electron chi connectivity index (χ2n) is 6.47. The standard InChI is InChI=1S/C19H23N3O2S/c1-13(23)20-11-14-7-9-15(10-8-14)17-12-25-19(21-17)22-18(24)16-5-3-2-4-6-16/h7-10,12,16H,2-6,11H2,1H3,(H,20,23)(H,21,22,24). The summed E-state index contributed by atoms with van der Waals surface area (Å²) in [5.41, 5.74) is 2.90. The number of carbonyl (C=O) groups is 2. The number of carbonyl (C=O) groups excluding carboxylic acids is 2. The zero-order valence-corrected chi connectivity index (χ0v) is 15.2. The van der Waals surface area contributed by atoms with Crippen LogP contribution in [-0.2, 0) is 16.1 Å². The van der Waals surface area contributed by atoms with Crippen LogP contribution in [0.4, 0.5) is 5.13 Å². The van der Waals surface area contributed by atoms with E-state index in [0.29, 0.717) is 11.7 Å². The van der Waals surface area contributed by atoms with Crippen molar-refractivity contribution in [2.24, 2.45) is 5.92 Å². The Morgan fingerprint density at radius 1 is 1.16 bits per heavy atom. The van der Waals surface area contributed by atoms with Crippen molar-refractivity contribution < 1.29 is 9.59 Å². The summed E-state index contributed by atoms with van der Waals surface area (Å²) in [6.45, 7) is 2.03. The molecule has 132 valence electrons. The molecule has 0 bridgehead atoms. The second-order valence-corrected chi connectivity index (χ2v) is 7.33. The first-order chi connectivity index (χ1) is 12.1. The van der Waals surface area contributed by atoms with Crippen LogP contribution in [0.25, 0.3) is 11.3 Å². The van der Waals surface area contributed by atoms with Crippen molar-refractivity contribution in [3.63, 3.8) is 0 Å². The molecule has 0 atom stereocenters. The van der Waals surface area contributed by atoms with Crippen molar-refractivity contribution in [2.45, 2.75) is 45.6 Å². The first-order valence-corrected chi connectivity index (χ1v) is 9.60. The van der Waals surface area contributed by atoms with Gasteiger partial charge in [0.2, 0.25) is 11.8 Å². The highest BCUT2D eigenvalue weighted by Gasteiger charge is 2.21. The van der Waals surface area contributed by atoms with Crippen molar-refractivity contribution in [2.75, 3.05) is 5.32 Å². The van der Waals surface area contributed by atoms with Gasteiger partial charge in [-0.3, -0.25) is 9.59 Å². The van der Waals surface area contributed by atoms with Gasteiger partial charge in [-0.2, -0.15) is 0 Å². The van der Waals surface area contributed by atoms with Crippen LogP contribution in [0.3, 0.4) is 0 Å². The van der Waals surface area contributed by atoms with Crippen LogP contribution in [-0.4, -0.2) is 16.8 Å². The third kappa shape index (κ3) is 4.89. The smallest absolute Gasteiger partial charge is 0.229 e. The van der Waals surface area contributed by atoms with E-state index in [1.165, 1.54) is 24.7 Å². The van der Waals surface area contributed by atoms with Gasteiger partial charge in [-0.15, -0.1) is 11.3 Å². The van der Waals surface area contributed by atoms with Crippen LogP contribution >= 0.6 is 11.3 Å². The molecule has 1 fully saturated rings. The van der Waals surface area contributed by atoms with Gasteiger partial charge < -0.3 is 10.6 Å². The van der Waals surface area contributed by atoms with Crippen LogP contribution < -0.4 is 10.6 Å². The molecule has 0 saturated heterocycles. The molecule has 1 aliphatic carbocycles. The average Bonchev–Trinajstić information content (AvgIpc) is 3.09. The van der Waals surface area contributed by atoms with Crippen LogP contribution in [0, 0.1) is 5.92 Å². The fourth-order valence-corrected chi connectivity index (χ4v) is 3.78. The molecule has 2 N–H and O–H groups in total. The largest absolute Gasteiger partial charge is 0.352 e. The number of amides is 2. The third-order valence-corrected chi connectivity index (χ3v) is 5.26. The summed E-state index contributed by atoms with van der Waals surface area (Å²) in [4.78, 5) is 27.8. The molecule has 2 amide bonds. The number of benzene rings is 1. The molecule has 0 unspecified atom stereocenters. The molecule has 6 heteroatoms. The molecular formula is C19H23N3O2S. The molecule has 25 heavy (non-hydrogen) atoms. The molecule has 3 rings (SSSR count). The zero-order valence-electron chi connectivity index (χ0n) is 14.4. The summed E-state index contributed by atoms with van der Waals surface area (Å²) in [6, 6.07) is 7.92. The topological polar surface area (TPSA) is 71.1 Å². The van der Waals surface area contributed by atoms with Gasteiger partial charge >= 0.3 is 0 Å². The fourth-order valence-electron chi connectivity index (χ4n) is 3.06. The van der Waals surface area contributed by atoms with Gasteiger partial charge in [-0.05, 0) is 18.4 Å². The molecule has 0 aliphatic heterocycles. The fraction of sp³-hybridized carbons (Fsp3) is 0.421. The highest BCUT2D eigenvalue weighted by Crippen LogP contribution is 2.28. The van der Waals surface area contributed by atoms with Gasteiger partial charge in [0.15, 0.2) is 5.13 Å². The van der Waals surface area contributed by atoms with Crippen LogP contribution in [0.15, 0.2) is 29.6 Å². The summed E-state index contributed by atoms with van der Waals surface area (Å²) in [5, 5.41) is 8.36. The molecule has 1 saturated carbocycles. The maximum atomic E-state index is 12.3. The van der Waals surface area contributed by atoms with Crippen molar-refractivity contribution in [3.05, 3.63) is 35.2 Å². The Morgan fingerprint density at radius 2 is 1.88 bits per heavy atom. The molecule has 2 aromatic rings. The molecule has 1 aliphatic rings. The van der Waals surface area contributed by atoms with E-state index in [4.69, 9.17) is 0 Å². The van der Waals surface area contributed by atoms with Gasteiger partial charge in [-0.25, -0.2) is 4.98 Å². The van der Waals surface area contributed by atoms with E-state index in [-0.39, 0.29) is 17.7 Å². The predicted molar refractivity (Wildman–Crippen MR) is 100 cm³/mol. The van der Waals surface area contributed by atoms with Crippen molar-refractivity contribution in [1.82, 2.24) is 10.3 Å². The number of thiazole rings is 1. The Hall–Kier alpha value is -2.21. The van der Waals surface area contributed by atoms with Crippen molar-refractivity contribution >= 4 is 28.3 Å². The van der Waals surface area contributed by atoms with E-state index in [1.54, 1.807) is 0 Å². The quantitative estimate of drug-likeness (QED) is 0.851. The Morgan fingerprint density at radius 3 is 2.56 bits per heavy atom. The summed E-state index contributed by atoms with van der Waals surface area (Å²) >= 11 is 1.46. The summed E-state index contributed by atoms with van der Waals surface area (Å²) in [5.74, 6) is 0.197. The molecule has 0 radical (unpaired) electrons. The minimum Gasteiger partial charge on any atom is -0.352 e. The molecule has 5 nitrogen and oxygen atoms in total. The first kappa shape index (κ1) is 17.6. The first-order valence-electron chi connectivity index (χ1n) is 8.72. The SMILES string of the molecule is CC(=O)NCc1ccc(-c2csc(NC(=O)C3CCCCC3)n2)cc1. The van der Waals surface area contributed by atoms with E-state index in [2.05, 4.69) is 15.6 Å². The lowest BCUT2D eigenvalue weighted by atomic mass is 9.89. The summed E-state index contributed by atoms with van der Waals surface area (Å²) in [7, 11) is 0. The van der Waals surface area contributed by atoms with Gasteiger partial charge in [0, 0.05) is 30.3 Å². The Balaban J connectivity index is 1.60. The summed E-state index contributed by atoms with van der Waals surface area (Å²) in [6.07, 6.45) is 5.50. The van der Waals surface area contributed by atoms with E-state index >= 15 is 0 Å². The van der Waals surface area contributed by atoms with Gasteiger partial charge in [0.25, 0.3) is 0 Å². The van der Waals surface area contributed by atoms with E-state index in [9.17, 15) is 9.59 Å². The number of nitrogens with zero attached hydrogens (tertiary/aromatic N) is 1. The predicted octanol–water partition coefficient (Wildman–Crippen LogP) is 3.97. The summed E-state index contributed by atoms with van der Waals surface area (Å²) < 4.78 is 0. The number of nitrogens with one attached hydrogen (secondary N) is 2. The van der Waals surface area contributed by atoms with E-state index in [0.717, 1.165) is 42.5 Å². The lowest BCUT2D eigenvalue weighted by molar-refractivity contribution is -0.121. The molecule has 1 aromatic carbocycles. The van der Waals surface area contributed by atoms with E-state index < -0.39 is 0 Å². The molecule has 1 heterocycles. The van der Waals surface area contributed by atoms with Crippen LogP contribution in [0.1, 0.15) is 44.6 Å². The van der Waals surface area contributed by atoms with Gasteiger partial charge in [0.05, 0.1) is 5.69 Å². The zero-order chi connectivity index (χ0) is 17.6. The average molecular weight is 357 g/mol. The highest BCUT2D eigenvalue weighted by molar-refractivity contribution is 7.14. The number of aromatic nitrogens is 1. The second kappa shape index (κ2) is 8.25. The maximum absolute atomic E-state index is 12.3. The number of rotatable bonds is 5. The lowest BCUT2D eigenvalue weighted by Crippen LogP contribution is -2.24. The van der Waals surface area contributed by atoms with Gasteiger partial charge in [0.1, 0.15) is 0 Å². The minimum atomic E-state index is -0.0399. The maximum Gasteiger partial charge on any atom is 0.229 e. The molecule has 1 aromatic heterocycles. The van der Waals surface area contributed by atoms with Crippen molar-refractivity contribution in [1.29, 1.82) is 0 Å². The number of hydrogen-bond acceptors (Lipinski definition) is 4. The molecule has 0 spiro atoms. The monoisotopic (exact) mass is 357 g/mol. The Labute approximate surface area is 151 Å². The highest BCUT2D eigenvalue weighted by atomic mass is 32.1. The number of hydrogen-bond donors (Lipinski definition) is 2. The minimum absolute atomic E-state index is 0.0399. The molecular weight excluding hydrogens is 334 g/mol. The lowest BCUT2D eigenvalue weighted by Gasteiger charge is -2.19. The van der Waals surface area contributed by atoms with E-state index in [1.807, 2.05) is 29.6 Å².